The Morgan fingerprint density at radius 2 is 1.53 bits per heavy atom. The van der Waals surface area contributed by atoms with Crippen LogP contribution in [0.4, 0.5) is 0 Å². The maximum atomic E-state index is 3.79. The molecule has 19 heavy (non-hydrogen) atoms. The van der Waals surface area contributed by atoms with Gasteiger partial charge in [-0.25, -0.2) is 0 Å². The monoisotopic (exact) mass is 270 g/mol. The van der Waals surface area contributed by atoms with Crippen molar-refractivity contribution in [2.24, 2.45) is 5.92 Å². The van der Waals surface area contributed by atoms with Crippen LogP contribution in [0.25, 0.3) is 0 Å². The fourth-order valence-corrected chi connectivity index (χ4v) is 2.75. The van der Waals surface area contributed by atoms with Crippen LogP contribution in [0.1, 0.15) is 80.1 Å². The predicted molar refractivity (Wildman–Crippen MR) is 87.7 cm³/mol. The molecular formula is C17H38N2. The van der Waals surface area contributed by atoms with E-state index in [0.29, 0.717) is 18.1 Å². The zero-order chi connectivity index (χ0) is 14.7. The van der Waals surface area contributed by atoms with Gasteiger partial charge in [-0.2, -0.15) is 0 Å². The summed E-state index contributed by atoms with van der Waals surface area (Å²) in [5.74, 6) is 0.836. The summed E-state index contributed by atoms with van der Waals surface area (Å²) in [6, 6.07) is 1.93. The van der Waals surface area contributed by atoms with Gasteiger partial charge in [-0.15, -0.1) is 0 Å². The largest absolute Gasteiger partial charge is 0.315 e. The standard InChI is InChI=1S/C17H38N2/c1-7-9-12-17(19-15(5)6)16(8-2)11-10-13-18-14(3)4/h14-19H,7-13H2,1-6H3. The lowest BCUT2D eigenvalue weighted by atomic mass is 9.88. The zero-order valence-corrected chi connectivity index (χ0v) is 14.3. The summed E-state index contributed by atoms with van der Waals surface area (Å²) in [4.78, 5) is 0. The van der Waals surface area contributed by atoms with E-state index in [-0.39, 0.29) is 0 Å². The van der Waals surface area contributed by atoms with Gasteiger partial charge in [0.25, 0.3) is 0 Å². The van der Waals surface area contributed by atoms with Crippen LogP contribution >= 0.6 is 0 Å². The first-order valence-electron chi connectivity index (χ1n) is 8.50. The van der Waals surface area contributed by atoms with E-state index in [1.54, 1.807) is 0 Å². The third-order valence-corrected chi connectivity index (χ3v) is 3.81. The van der Waals surface area contributed by atoms with E-state index < -0.39 is 0 Å². The summed E-state index contributed by atoms with van der Waals surface area (Å²) in [6.45, 7) is 14.8. The van der Waals surface area contributed by atoms with E-state index >= 15 is 0 Å². The zero-order valence-electron chi connectivity index (χ0n) is 14.3. The van der Waals surface area contributed by atoms with Gasteiger partial charge in [-0.1, -0.05) is 60.8 Å². The molecule has 0 aliphatic rings. The Morgan fingerprint density at radius 3 is 2.00 bits per heavy atom. The number of hydrogen-bond donors (Lipinski definition) is 2. The molecular weight excluding hydrogens is 232 g/mol. The highest BCUT2D eigenvalue weighted by Crippen LogP contribution is 2.20. The molecule has 0 aliphatic heterocycles. The molecule has 2 unspecified atom stereocenters. The Hall–Kier alpha value is -0.0800. The van der Waals surface area contributed by atoms with Crippen LogP contribution in [0, 0.1) is 5.92 Å². The molecule has 0 fully saturated rings. The summed E-state index contributed by atoms with van der Waals surface area (Å²) in [7, 11) is 0. The van der Waals surface area contributed by atoms with E-state index in [2.05, 4.69) is 52.2 Å². The lowest BCUT2D eigenvalue weighted by Crippen LogP contribution is -2.40. The number of nitrogens with one attached hydrogen (secondary N) is 2. The molecule has 0 bridgehead atoms. The summed E-state index contributed by atoms with van der Waals surface area (Å²) >= 11 is 0. The summed E-state index contributed by atoms with van der Waals surface area (Å²) in [5, 5.41) is 7.32. The van der Waals surface area contributed by atoms with Crippen molar-refractivity contribution in [3.8, 4) is 0 Å². The van der Waals surface area contributed by atoms with E-state index in [1.165, 1.54) is 38.5 Å². The predicted octanol–water partition coefficient (Wildman–Crippen LogP) is 4.35. The Morgan fingerprint density at radius 1 is 0.842 bits per heavy atom. The molecule has 116 valence electrons. The minimum Gasteiger partial charge on any atom is -0.315 e. The van der Waals surface area contributed by atoms with Crippen molar-refractivity contribution in [1.29, 1.82) is 0 Å². The van der Waals surface area contributed by atoms with Crippen molar-refractivity contribution in [1.82, 2.24) is 10.6 Å². The second-order valence-electron chi connectivity index (χ2n) is 6.49. The molecule has 0 saturated heterocycles. The number of unbranched alkanes of at least 4 members (excludes halogenated alkanes) is 1. The number of hydrogen-bond acceptors (Lipinski definition) is 2. The maximum absolute atomic E-state index is 3.79. The first kappa shape index (κ1) is 18.9. The van der Waals surface area contributed by atoms with E-state index in [0.717, 1.165) is 12.5 Å². The van der Waals surface area contributed by atoms with Crippen molar-refractivity contribution < 1.29 is 0 Å². The first-order chi connectivity index (χ1) is 9.01. The van der Waals surface area contributed by atoms with Gasteiger partial charge in [-0.3, -0.25) is 0 Å². The molecule has 0 spiro atoms. The smallest absolute Gasteiger partial charge is 0.00975 e. The van der Waals surface area contributed by atoms with Crippen LogP contribution in [0.3, 0.4) is 0 Å². The van der Waals surface area contributed by atoms with Gasteiger partial charge >= 0.3 is 0 Å². The van der Waals surface area contributed by atoms with Crippen molar-refractivity contribution in [2.45, 2.75) is 98.2 Å². The topological polar surface area (TPSA) is 24.1 Å². The van der Waals surface area contributed by atoms with Crippen LogP contribution in [0.5, 0.6) is 0 Å². The van der Waals surface area contributed by atoms with Crippen molar-refractivity contribution >= 4 is 0 Å². The lowest BCUT2D eigenvalue weighted by Gasteiger charge is -2.29. The molecule has 0 heterocycles. The van der Waals surface area contributed by atoms with Crippen LogP contribution in [-0.4, -0.2) is 24.7 Å². The average Bonchev–Trinajstić information content (AvgIpc) is 2.34. The van der Waals surface area contributed by atoms with Gasteiger partial charge in [0.15, 0.2) is 0 Å². The van der Waals surface area contributed by atoms with Gasteiger partial charge in [-0.05, 0) is 31.7 Å². The molecule has 0 radical (unpaired) electrons. The molecule has 2 N–H and O–H groups in total. The molecule has 0 rings (SSSR count). The highest BCUT2D eigenvalue weighted by atomic mass is 14.9. The third-order valence-electron chi connectivity index (χ3n) is 3.81. The minimum atomic E-state index is 0.602. The van der Waals surface area contributed by atoms with Gasteiger partial charge in [0.1, 0.15) is 0 Å². The second kappa shape index (κ2) is 11.7. The lowest BCUT2D eigenvalue weighted by molar-refractivity contribution is 0.281. The van der Waals surface area contributed by atoms with Crippen LogP contribution < -0.4 is 10.6 Å². The van der Waals surface area contributed by atoms with Gasteiger partial charge in [0.2, 0.25) is 0 Å². The number of rotatable bonds is 12. The van der Waals surface area contributed by atoms with Gasteiger partial charge < -0.3 is 10.6 Å². The maximum Gasteiger partial charge on any atom is 0.00975 e. The summed E-state index contributed by atoms with van der Waals surface area (Å²) in [5.41, 5.74) is 0. The Balaban J connectivity index is 4.14. The fourth-order valence-electron chi connectivity index (χ4n) is 2.75. The summed E-state index contributed by atoms with van der Waals surface area (Å²) in [6.07, 6.45) is 7.96. The normalized spacial score (nSPS) is 15.2. The van der Waals surface area contributed by atoms with E-state index in [9.17, 15) is 0 Å². The molecule has 2 heteroatoms. The Kier molecular flexibility index (Phi) is 11.7. The highest BCUT2D eigenvalue weighted by Gasteiger charge is 2.19. The quantitative estimate of drug-likeness (QED) is 0.515. The van der Waals surface area contributed by atoms with E-state index in [1.807, 2.05) is 0 Å². The molecule has 0 aromatic carbocycles. The molecule has 0 aromatic heterocycles. The Labute approximate surface area is 122 Å². The van der Waals surface area contributed by atoms with Crippen LogP contribution in [0.2, 0.25) is 0 Å². The van der Waals surface area contributed by atoms with Crippen molar-refractivity contribution in [3.63, 3.8) is 0 Å². The molecule has 2 nitrogen and oxygen atoms in total. The SMILES string of the molecule is CCCCC(NC(C)C)C(CC)CCCNC(C)C. The molecule has 0 aromatic rings. The molecule has 0 aliphatic carbocycles. The Bertz CT molecular complexity index is 190. The average molecular weight is 271 g/mol. The van der Waals surface area contributed by atoms with Gasteiger partial charge in [0.05, 0.1) is 0 Å². The van der Waals surface area contributed by atoms with Crippen molar-refractivity contribution in [2.75, 3.05) is 6.54 Å². The minimum absolute atomic E-state index is 0.602. The molecule has 2 atom stereocenters. The van der Waals surface area contributed by atoms with E-state index in [4.69, 9.17) is 0 Å². The highest BCUT2D eigenvalue weighted by molar-refractivity contribution is 4.77. The van der Waals surface area contributed by atoms with Gasteiger partial charge in [0, 0.05) is 18.1 Å². The molecule has 0 amide bonds. The second-order valence-corrected chi connectivity index (χ2v) is 6.49. The van der Waals surface area contributed by atoms with Crippen LogP contribution in [0.15, 0.2) is 0 Å². The van der Waals surface area contributed by atoms with Crippen LogP contribution in [-0.2, 0) is 0 Å². The van der Waals surface area contributed by atoms with Crippen molar-refractivity contribution in [3.05, 3.63) is 0 Å². The molecule has 0 saturated carbocycles. The fraction of sp³-hybridized carbons (Fsp3) is 1.00. The summed E-state index contributed by atoms with van der Waals surface area (Å²) < 4.78 is 0. The third kappa shape index (κ3) is 10.4. The first-order valence-corrected chi connectivity index (χ1v) is 8.50.